The second kappa shape index (κ2) is 7.73. The predicted molar refractivity (Wildman–Crippen MR) is 98.7 cm³/mol. The van der Waals surface area contributed by atoms with E-state index in [0.29, 0.717) is 11.5 Å². The molecule has 2 aromatic rings. The quantitative estimate of drug-likeness (QED) is 0.606. The first-order chi connectivity index (χ1) is 12.2. The lowest BCUT2D eigenvalue weighted by molar-refractivity contribution is -0.122. The maximum atomic E-state index is 12.1. The normalized spacial score (nSPS) is 15.5. The van der Waals surface area contributed by atoms with Crippen LogP contribution >= 0.6 is 11.8 Å². The summed E-state index contributed by atoms with van der Waals surface area (Å²) in [6.45, 7) is 0.486. The van der Waals surface area contributed by atoms with Gasteiger partial charge in [-0.15, -0.1) is 6.42 Å². The fraction of sp³-hybridized carbons (Fsp3) is 0.100. The average Bonchev–Trinajstić information content (AvgIpc) is 2.90. The van der Waals surface area contributed by atoms with Crippen LogP contribution in [0, 0.1) is 12.3 Å². The number of carbonyl (C=O) groups is 2. The number of terminal acetylenes is 1. The molecule has 0 aliphatic carbocycles. The molecule has 0 spiro atoms. The Kier molecular flexibility index (Phi) is 5.22. The topological polar surface area (TPSA) is 46.6 Å². The van der Waals surface area contributed by atoms with Crippen molar-refractivity contribution in [3.05, 3.63) is 70.6 Å². The molecule has 4 nitrogen and oxygen atoms in total. The first kappa shape index (κ1) is 16.9. The van der Waals surface area contributed by atoms with Crippen molar-refractivity contribution in [3.8, 4) is 18.1 Å². The number of amides is 2. The van der Waals surface area contributed by atoms with Crippen molar-refractivity contribution in [3.63, 3.8) is 0 Å². The first-order valence-electron chi connectivity index (χ1n) is 7.63. The highest BCUT2D eigenvalue weighted by Gasteiger charge is 2.34. The molecule has 2 aromatic carbocycles. The Hall–Kier alpha value is -2.97. The lowest BCUT2D eigenvalue weighted by atomic mass is 10.2. The minimum Gasteiger partial charge on any atom is -0.489 e. The van der Waals surface area contributed by atoms with Gasteiger partial charge in [0.15, 0.2) is 0 Å². The van der Waals surface area contributed by atoms with E-state index >= 15 is 0 Å². The highest BCUT2D eigenvalue weighted by molar-refractivity contribution is 8.18. The monoisotopic (exact) mass is 349 g/mol. The number of hydrogen-bond donors (Lipinski definition) is 0. The maximum Gasteiger partial charge on any atom is 0.294 e. The van der Waals surface area contributed by atoms with Crippen LogP contribution in [0.25, 0.3) is 6.08 Å². The second-order valence-electron chi connectivity index (χ2n) is 5.32. The Labute approximate surface area is 150 Å². The minimum absolute atomic E-state index is 0.00568. The van der Waals surface area contributed by atoms with Crippen molar-refractivity contribution in [2.75, 3.05) is 6.54 Å². The fourth-order valence-corrected chi connectivity index (χ4v) is 3.12. The van der Waals surface area contributed by atoms with Crippen molar-refractivity contribution in [1.29, 1.82) is 0 Å². The van der Waals surface area contributed by atoms with Gasteiger partial charge in [-0.3, -0.25) is 14.5 Å². The Balaban J connectivity index is 1.66. The third-order valence-electron chi connectivity index (χ3n) is 3.55. The first-order valence-corrected chi connectivity index (χ1v) is 8.44. The van der Waals surface area contributed by atoms with Crippen LogP contribution in [-0.2, 0) is 11.4 Å². The molecule has 0 unspecified atom stereocenters. The van der Waals surface area contributed by atoms with Crippen LogP contribution in [0.15, 0.2) is 59.5 Å². The molecule has 0 saturated carbocycles. The highest BCUT2D eigenvalue weighted by atomic mass is 32.2. The van der Waals surface area contributed by atoms with Gasteiger partial charge in [-0.1, -0.05) is 48.4 Å². The molecule has 2 amide bonds. The molecular formula is C20H15NO3S. The van der Waals surface area contributed by atoms with Crippen LogP contribution in [0.4, 0.5) is 4.79 Å². The SMILES string of the molecule is C#CCN1C(=O)S/C(=C/c2ccc(OCc3ccccc3)cc2)C1=O. The zero-order chi connectivity index (χ0) is 17.6. The average molecular weight is 349 g/mol. The summed E-state index contributed by atoms with van der Waals surface area (Å²) in [7, 11) is 0. The zero-order valence-corrected chi connectivity index (χ0v) is 14.2. The highest BCUT2D eigenvalue weighted by Crippen LogP contribution is 2.32. The smallest absolute Gasteiger partial charge is 0.294 e. The summed E-state index contributed by atoms with van der Waals surface area (Å²) in [5.74, 6) is 2.70. The van der Waals surface area contributed by atoms with Crippen LogP contribution in [-0.4, -0.2) is 22.6 Å². The van der Waals surface area contributed by atoms with E-state index in [4.69, 9.17) is 11.2 Å². The molecule has 0 radical (unpaired) electrons. The van der Waals surface area contributed by atoms with Crippen molar-refractivity contribution < 1.29 is 14.3 Å². The van der Waals surface area contributed by atoms with E-state index in [0.717, 1.165) is 33.5 Å². The van der Waals surface area contributed by atoms with Gasteiger partial charge in [-0.05, 0) is 41.1 Å². The van der Waals surface area contributed by atoms with Gasteiger partial charge in [-0.2, -0.15) is 0 Å². The van der Waals surface area contributed by atoms with E-state index in [1.54, 1.807) is 6.08 Å². The summed E-state index contributed by atoms with van der Waals surface area (Å²) in [5.41, 5.74) is 1.91. The number of ether oxygens (including phenoxy) is 1. The van der Waals surface area contributed by atoms with Gasteiger partial charge >= 0.3 is 0 Å². The third-order valence-corrected chi connectivity index (χ3v) is 4.46. The Morgan fingerprint density at radius 2 is 1.80 bits per heavy atom. The number of nitrogens with zero attached hydrogens (tertiary/aromatic N) is 1. The summed E-state index contributed by atoms with van der Waals surface area (Å²) in [6, 6.07) is 17.3. The molecule has 124 valence electrons. The van der Waals surface area contributed by atoms with Gasteiger partial charge in [0, 0.05) is 0 Å². The second-order valence-corrected chi connectivity index (χ2v) is 6.31. The molecule has 1 saturated heterocycles. The largest absolute Gasteiger partial charge is 0.489 e. The fourth-order valence-electron chi connectivity index (χ4n) is 2.28. The van der Waals surface area contributed by atoms with Crippen molar-refractivity contribution in [2.24, 2.45) is 0 Å². The molecule has 1 aliphatic heterocycles. The Morgan fingerprint density at radius 1 is 1.08 bits per heavy atom. The molecule has 1 aliphatic rings. The van der Waals surface area contributed by atoms with E-state index < -0.39 is 0 Å². The number of carbonyl (C=O) groups excluding carboxylic acids is 2. The van der Waals surface area contributed by atoms with Gasteiger partial charge in [-0.25, -0.2) is 0 Å². The minimum atomic E-state index is -0.350. The maximum absolute atomic E-state index is 12.1. The van der Waals surface area contributed by atoms with E-state index in [1.165, 1.54) is 0 Å². The number of imide groups is 1. The van der Waals surface area contributed by atoms with Gasteiger partial charge in [0.05, 0.1) is 11.4 Å². The van der Waals surface area contributed by atoms with E-state index in [2.05, 4.69) is 5.92 Å². The van der Waals surface area contributed by atoms with Crippen molar-refractivity contribution in [1.82, 2.24) is 4.90 Å². The Bertz CT molecular complexity index is 851. The molecule has 0 bridgehead atoms. The molecule has 1 heterocycles. The van der Waals surface area contributed by atoms with Crippen LogP contribution in [0.5, 0.6) is 5.75 Å². The van der Waals surface area contributed by atoms with Gasteiger partial charge in [0.25, 0.3) is 11.1 Å². The number of benzene rings is 2. The van der Waals surface area contributed by atoms with E-state index in [9.17, 15) is 9.59 Å². The van der Waals surface area contributed by atoms with Crippen LogP contribution in [0.1, 0.15) is 11.1 Å². The standard InChI is InChI=1S/C20H15NO3S/c1-2-12-21-19(22)18(25-20(21)23)13-15-8-10-17(11-9-15)24-14-16-6-4-3-5-7-16/h1,3-11,13H,12,14H2/b18-13+. The lowest BCUT2D eigenvalue weighted by Gasteiger charge is -2.07. The molecular weight excluding hydrogens is 334 g/mol. The van der Waals surface area contributed by atoms with Gasteiger partial charge < -0.3 is 4.74 Å². The zero-order valence-electron chi connectivity index (χ0n) is 13.3. The number of thioether (sulfide) groups is 1. The molecule has 0 atom stereocenters. The van der Waals surface area contributed by atoms with Gasteiger partial charge in [0.1, 0.15) is 12.4 Å². The van der Waals surface area contributed by atoms with Gasteiger partial charge in [0.2, 0.25) is 0 Å². The van der Waals surface area contributed by atoms with Crippen molar-refractivity contribution >= 4 is 29.0 Å². The molecule has 0 N–H and O–H groups in total. The molecule has 0 aromatic heterocycles. The summed E-state index contributed by atoms with van der Waals surface area (Å²) < 4.78 is 5.73. The Morgan fingerprint density at radius 3 is 2.48 bits per heavy atom. The summed E-state index contributed by atoms with van der Waals surface area (Å²) >= 11 is 0.900. The van der Waals surface area contributed by atoms with E-state index in [-0.39, 0.29) is 17.7 Å². The lowest BCUT2D eigenvalue weighted by Crippen LogP contribution is -2.28. The summed E-state index contributed by atoms with van der Waals surface area (Å²) in [5, 5.41) is -0.336. The third kappa shape index (κ3) is 4.11. The summed E-state index contributed by atoms with van der Waals surface area (Å²) in [4.78, 5) is 25.3. The summed E-state index contributed by atoms with van der Waals surface area (Å²) in [6.07, 6.45) is 6.86. The van der Waals surface area contributed by atoms with Crippen LogP contribution in [0.3, 0.4) is 0 Å². The number of hydrogen-bond acceptors (Lipinski definition) is 4. The molecule has 25 heavy (non-hydrogen) atoms. The number of rotatable bonds is 5. The molecule has 3 rings (SSSR count). The van der Waals surface area contributed by atoms with E-state index in [1.807, 2.05) is 54.6 Å². The predicted octanol–water partition coefficient (Wildman–Crippen LogP) is 3.94. The molecule has 5 heteroatoms. The van der Waals surface area contributed by atoms with Crippen LogP contribution < -0.4 is 4.74 Å². The van der Waals surface area contributed by atoms with Crippen LogP contribution in [0.2, 0.25) is 0 Å². The van der Waals surface area contributed by atoms with Crippen molar-refractivity contribution in [2.45, 2.75) is 6.61 Å². The molecule has 1 fully saturated rings.